The fourth-order valence-electron chi connectivity index (χ4n) is 4.38. The summed E-state index contributed by atoms with van der Waals surface area (Å²) in [6, 6.07) is 13.5. The first-order valence-corrected chi connectivity index (χ1v) is 20.7. The van der Waals surface area contributed by atoms with Gasteiger partial charge in [-0.25, -0.2) is 0 Å². The Kier molecular flexibility index (Phi) is 11.0. The molecule has 4 aliphatic carbocycles. The maximum Gasteiger partial charge on any atom is 0.0657 e. The zero-order valence-corrected chi connectivity index (χ0v) is 29.4. The summed E-state index contributed by atoms with van der Waals surface area (Å²) in [5.74, 6) is 0. The van der Waals surface area contributed by atoms with E-state index in [0.717, 1.165) is 46.9 Å². The second kappa shape index (κ2) is 13.8. The van der Waals surface area contributed by atoms with Crippen LogP contribution in [0.15, 0.2) is 73.0 Å². The summed E-state index contributed by atoms with van der Waals surface area (Å²) in [4.78, 5) is 0. The Balaban J connectivity index is 1.56. The van der Waals surface area contributed by atoms with E-state index in [1.165, 1.54) is 47.7 Å². The van der Waals surface area contributed by atoms with E-state index in [4.69, 9.17) is 23.2 Å². The number of allylic oxidation sites excluding steroid dienone is 2. The zero-order chi connectivity index (χ0) is 26.8. The minimum atomic E-state index is 0.803. The first-order chi connectivity index (χ1) is 18.4. The Morgan fingerprint density at radius 2 is 0.842 bits per heavy atom. The molecule has 0 unspecified atom stereocenters. The van der Waals surface area contributed by atoms with Gasteiger partial charge in [0.1, 0.15) is 0 Å². The van der Waals surface area contributed by atoms with Crippen LogP contribution in [0.2, 0.25) is 10.0 Å². The molecular formula is C28H26Cl2S8. The highest BCUT2D eigenvalue weighted by Gasteiger charge is 2.26. The number of hydrogen-bond donors (Lipinski definition) is 0. The zero-order valence-electron chi connectivity index (χ0n) is 21.3. The SMILES string of the molecule is CSC1=C(SC)SC(=C2Cc3ccc(cc3)CC(=C3SC(SC)=C(SC)S3)Cc3cc(Cl)c(cc3Cl)C2)S1. The third-order valence-corrected chi connectivity index (χ3v) is 17.8. The number of hydrogen-bond acceptors (Lipinski definition) is 8. The van der Waals surface area contributed by atoms with Gasteiger partial charge in [0, 0.05) is 10.0 Å². The van der Waals surface area contributed by atoms with Crippen molar-refractivity contribution in [2.45, 2.75) is 25.7 Å². The molecule has 38 heavy (non-hydrogen) atoms. The van der Waals surface area contributed by atoms with Gasteiger partial charge in [0.25, 0.3) is 0 Å². The second-order valence-corrected chi connectivity index (χ2v) is 18.4. The van der Waals surface area contributed by atoms with Gasteiger partial charge in [-0.3, -0.25) is 0 Å². The highest BCUT2D eigenvalue weighted by atomic mass is 35.5. The maximum absolute atomic E-state index is 6.97. The van der Waals surface area contributed by atoms with Gasteiger partial charge in [0.05, 0.1) is 25.4 Å². The molecule has 8 rings (SSSR count). The van der Waals surface area contributed by atoms with E-state index in [-0.39, 0.29) is 0 Å². The first-order valence-electron chi connectivity index (χ1n) is 11.8. The van der Waals surface area contributed by atoms with Crippen molar-refractivity contribution >= 4 is 117 Å². The highest BCUT2D eigenvalue weighted by Crippen LogP contribution is 2.59. The summed E-state index contributed by atoms with van der Waals surface area (Å²) in [6.07, 6.45) is 12.1. The van der Waals surface area contributed by atoms with Crippen LogP contribution in [0.1, 0.15) is 22.3 Å². The van der Waals surface area contributed by atoms with E-state index in [9.17, 15) is 0 Å². The van der Waals surface area contributed by atoms with E-state index in [1.807, 2.05) is 94.1 Å². The van der Waals surface area contributed by atoms with Crippen LogP contribution in [-0.2, 0) is 25.7 Å². The van der Waals surface area contributed by atoms with Crippen LogP contribution in [0, 0.1) is 0 Å². The van der Waals surface area contributed by atoms with Crippen LogP contribution in [0.3, 0.4) is 0 Å². The number of thioether (sulfide) groups is 8. The Hall–Kier alpha value is 0.780. The largest absolute Gasteiger partial charge is 0.121 e. The van der Waals surface area contributed by atoms with E-state index < -0.39 is 0 Å². The molecule has 0 amide bonds. The van der Waals surface area contributed by atoms with Crippen molar-refractivity contribution in [2.24, 2.45) is 0 Å². The summed E-state index contributed by atoms with van der Waals surface area (Å²) in [5, 5.41) is 1.63. The van der Waals surface area contributed by atoms with E-state index in [0.29, 0.717) is 0 Å². The van der Waals surface area contributed by atoms with Gasteiger partial charge in [-0.15, -0.1) is 47.0 Å². The highest BCUT2D eigenvalue weighted by molar-refractivity contribution is 8.41. The topological polar surface area (TPSA) is 0 Å². The average molecular weight is 690 g/mol. The van der Waals surface area contributed by atoms with Gasteiger partial charge < -0.3 is 0 Å². The van der Waals surface area contributed by atoms with Gasteiger partial charge >= 0.3 is 0 Å². The van der Waals surface area contributed by atoms with Gasteiger partial charge in [0.2, 0.25) is 0 Å². The maximum atomic E-state index is 6.97. The predicted octanol–water partition coefficient (Wildman–Crippen LogP) is 12.0. The number of rotatable bonds is 4. The van der Waals surface area contributed by atoms with Crippen molar-refractivity contribution in [3.05, 3.63) is 105 Å². The van der Waals surface area contributed by atoms with Crippen molar-refractivity contribution in [1.29, 1.82) is 0 Å². The van der Waals surface area contributed by atoms with Crippen LogP contribution in [-0.4, -0.2) is 25.0 Å². The molecule has 0 radical (unpaired) electrons. The lowest BCUT2D eigenvalue weighted by Gasteiger charge is -2.18. The van der Waals surface area contributed by atoms with Crippen molar-refractivity contribution < 1.29 is 0 Å². The van der Waals surface area contributed by atoms with Crippen molar-refractivity contribution in [3.63, 3.8) is 0 Å². The Bertz CT molecular complexity index is 1230. The molecule has 0 aromatic heterocycles. The summed E-state index contributed by atoms with van der Waals surface area (Å²) < 4.78 is 8.35. The van der Waals surface area contributed by atoms with Crippen molar-refractivity contribution in [3.8, 4) is 0 Å². The molecule has 2 aromatic carbocycles. The molecule has 0 saturated heterocycles. The Labute approximate surface area is 270 Å². The fraction of sp³-hybridized carbons (Fsp3) is 0.286. The van der Waals surface area contributed by atoms with Crippen LogP contribution in [0.4, 0.5) is 0 Å². The molecule has 0 saturated carbocycles. The minimum Gasteiger partial charge on any atom is -0.121 e. The van der Waals surface area contributed by atoms with Crippen molar-refractivity contribution in [2.75, 3.05) is 25.0 Å². The molecule has 6 aliphatic rings. The molecule has 2 aliphatic heterocycles. The third kappa shape index (κ3) is 6.87. The van der Waals surface area contributed by atoms with Gasteiger partial charge in [0.15, 0.2) is 0 Å². The number of halogens is 2. The van der Waals surface area contributed by atoms with E-state index >= 15 is 0 Å². The monoisotopic (exact) mass is 688 g/mol. The van der Waals surface area contributed by atoms with Gasteiger partial charge in [-0.05, 0) is 96.2 Å². The third-order valence-electron chi connectivity index (χ3n) is 6.27. The van der Waals surface area contributed by atoms with Crippen LogP contribution in [0.25, 0.3) is 0 Å². The first kappa shape index (κ1) is 30.2. The van der Waals surface area contributed by atoms with E-state index in [1.54, 1.807) is 0 Å². The van der Waals surface area contributed by atoms with Crippen molar-refractivity contribution in [1.82, 2.24) is 0 Å². The molecule has 200 valence electrons. The molecule has 0 spiro atoms. The predicted molar refractivity (Wildman–Crippen MR) is 190 cm³/mol. The molecule has 10 heteroatoms. The quantitative estimate of drug-likeness (QED) is 0.307. The summed E-state index contributed by atoms with van der Waals surface area (Å²) in [7, 11) is 0. The summed E-state index contributed by atoms with van der Waals surface area (Å²) in [6.45, 7) is 0. The molecule has 2 heterocycles. The lowest BCUT2D eigenvalue weighted by atomic mass is 9.93. The standard InChI is InChI=1S/C28H26Cl2S8/c1-31-25-26(32-2)36-23(35-25)19-9-15-5-7-16(8-6-15)10-20(24-37-27(33-3)28(34-4)38-24)12-18-14-21(29)17(11-19)13-22(18)30/h5-8,13-14H,9-12H2,1-4H3. The van der Waals surface area contributed by atoms with Crippen LogP contribution < -0.4 is 0 Å². The minimum absolute atomic E-state index is 0.803. The van der Waals surface area contributed by atoms with Gasteiger partial charge in [-0.2, -0.15) is 0 Å². The number of benzene rings is 2. The molecule has 0 N–H and O–H groups in total. The normalized spacial score (nSPS) is 18.5. The van der Waals surface area contributed by atoms with Crippen LogP contribution in [0.5, 0.6) is 0 Å². The molecule has 4 bridgehead atoms. The Morgan fingerprint density at radius 1 is 0.526 bits per heavy atom. The molecule has 0 atom stereocenters. The molecule has 0 nitrogen and oxygen atoms in total. The summed E-state index contributed by atoms with van der Waals surface area (Å²) >= 11 is 28.9. The lowest BCUT2D eigenvalue weighted by molar-refractivity contribution is 1.00. The molecule has 0 fully saturated rings. The van der Waals surface area contributed by atoms with Gasteiger partial charge in [-0.1, -0.05) is 94.5 Å². The smallest absolute Gasteiger partial charge is 0.0657 e. The van der Waals surface area contributed by atoms with E-state index in [2.05, 4.69) is 61.4 Å². The molecule has 2 aromatic rings. The second-order valence-electron chi connectivity index (χ2n) is 8.72. The average Bonchev–Trinajstić information content (AvgIpc) is 3.55. The van der Waals surface area contributed by atoms with Crippen LogP contribution >= 0.6 is 117 Å². The molecular weight excluding hydrogens is 664 g/mol. The Morgan fingerprint density at radius 3 is 1.13 bits per heavy atom. The fourth-order valence-corrected chi connectivity index (χ4v) is 15.0. The summed E-state index contributed by atoms with van der Waals surface area (Å²) in [5.41, 5.74) is 7.71. The lowest BCUT2D eigenvalue weighted by Crippen LogP contribution is -2.03.